The third kappa shape index (κ3) is 4.76. The molecule has 0 unspecified atom stereocenters. The highest BCUT2D eigenvalue weighted by atomic mass is 16.4. The van der Waals surface area contributed by atoms with E-state index < -0.39 is 5.97 Å². The van der Waals surface area contributed by atoms with Crippen molar-refractivity contribution in [1.29, 1.82) is 5.26 Å². The van der Waals surface area contributed by atoms with Crippen LogP contribution in [0.2, 0.25) is 0 Å². The Balaban J connectivity index is 1.90. The zero-order valence-electron chi connectivity index (χ0n) is 15.7. The molecule has 1 aliphatic carbocycles. The van der Waals surface area contributed by atoms with Gasteiger partial charge in [0.05, 0.1) is 12.1 Å². The van der Waals surface area contributed by atoms with Crippen molar-refractivity contribution in [2.75, 3.05) is 18.4 Å². The lowest BCUT2D eigenvalue weighted by Gasteiger charge is -2.42. The molecule has 1 aromatic heterocycles. The van der Waals surface area contributed by atoms with Crippen LogP contribution in [0.25, 0.3) is 0 Å². The molecule has 0 bridgehead atoms. The van der Waals surface area contributed by atoms with E-state index in [1.807, 2.05) is 37.2 Å². The second-order valence-electron chi connectivity index (χ2n) is 7.64. The van der Waals surface area contributed by atoms with Gasteiger partial charge in [-0.3, -0.25) is 15.0 Å². The standard InChI is InChI=1S/C18H27N5O3/c1-5-22(11-16(24)25)14-7-13(8-14)20-17(26)21-15-6-12(9-19)10-23(15)18(2,3)4/h6,10,13-14H,5,7-8,11H2,1-4H3,(H,24,25)(H2,20,21,26). The van der Waals surface area contributed by atoms with Crippen LogP contribution in [0.3, 0.4) is 0 Å². The topological polar surface area (TPSA) is 110 Å². The summed E-state index contributed by atoms with van der Waals surface area (Å²) < 4.78 is 1.86. The van der Waals surface area contributed by atoms with Gasteiger partial charge < -0.3 is 15.0 Å². The molecule has 26 heavy (non-hydrogen) atoms. The van der Waals surface area contributed by atoms with E-state index in [-0.39, 0.29) is 30.2 Å². The first-order valence-electron chi connectivity index (χ1n) is 8.80. The largest absolute Gasteiger partial charge is 0.480 e. The fraction of sp³-hybridized carbons (Fsp3) is 0.611. The average Bonchev–Trinajstić information content (AvgIpc) is 2.91. The lowest BCUT2D eigenvalue weighted by molar-refractivity contribution is -0.139. The number of carboxylic acid groups (broad SMARTS) is 1. The fourth-order valence-corrected chi connectivity index (χ4v) is 3.19. The molecule has 2 amide bonds. The van der Waals surface area contributed by atoms with Crippen molar-refractivity contribution < 1.29 is 14.7 Å². The van der Waals surface area contributed by atoms with Gasteiger partial charge in [-0.15, -0.1) is 0 Å². The molecule has 0 spiro atoms. The molecule has 8 nitrogen and oxygen atoms in total. The molecule has 0 saturated heterocycles. The van der Waals surface area contributed by atoms with Gasteiger partial charge >= 0.3 is 12.0 Å². The lowest BCUT2D eigenvalue weighted by atomic mass is 9.85. The number of urea groups is 1. The van der Waals surface area contributed by atoms with Gasteiger partial charge in [-0.25, -0.2) is 4.79 Å². The Morgan fingerprint density at radius 1 is 1.42 bits per heavy atom. The summed E-state index contributed by atoms with van der Waals surface area (Å²) in [6.45, 7) is 8.62. The molecule has 1 fully saturated rings. The van der Waals surface area contributed by atoms with Crippen molar-refractivity contribution in [3.05, 3.63) is 17.8 Å². The maximum absolute atomic E-state index is 12.3. The van der Waals surface area contributed by atoms with Crippen LogP contribution in [0, 0.1) is 11.3 Å². The van der Waals surface area contributed by atoms with E-state index in [1.54, 1.807) is 12.3 Å². The number of anilines is 1. The van der Waals surface area contributed by atoms with Crippen molar-refractivity contribution in [2.45, 2.75) is 58.2 Å². The van der Waals surface area contributed by atoms with Gasteiger partial charge in [0.2, 0.25) is 0 Å². The number of carboxylic acids is 1. The van der Waals surface area contributed by atoms with Crippen molar-refractivity contribution in [3.63, 3.8) is 0 Å². The summed E-state index contributed by atoms with van der Waals surface area (Å²) in [4.78, 5) is 25.1. The molecule has 1 aromatic rings. The molecule has 1 saturated carbocycles. The van der Waals surface area contributed by atoms with Crippen LogP contribution in [0.5, 0.6) is 0 Å². The quantitative estimate of drug-likeness (QED) is 0.719. The molecule has 8 heteroatoms. The van der Waals surface area contributed by atoms with Crippen LogP contribution in [-0.4, -0.2) is 51.7 Å². The number of rotatable bonds is 6. The van der Waals surface area contributed by atoms with Crippen LogP contribution in [-0.2, 0) is 10.3 Å². The maximum atomic E-state index is 12.3. The van der Waals surface area contributed by atoms with Crippen molar-refractivity contribution >= 4 is 17.8 Å². The van der Waals surface area contributed by atoms with Gasteiger partial charge in [0.25, 0.3) is 0 Å². The molecule has 0 aliphatic heterocycles. The third-order valence-electron chi connectivity index (χ3n) is 4.62. The summed E-state index contributed by atoms with van der Waals surface area (Å²) in [6, 6.07) is 3.64. The average molecular weight is 361 g/mol. The molecule has 2 rings (SSSR count). The third-order valence-corrected chi connectivity index (χ3v) is 4.62. The molecular weight excluding hydrogens is 334 g/mol. The van der Waals surface area contributed by atoms with E-state index in [9.17, 15) is 9.59 Å². The van der Waals surface area contributed by atoms with Gasteiger partial charge in [-0.1, -0.05) is 6.92 Å². The number of hydrogen-bond donors (Lipinski definition) is 3. The van der Waals surface area contributed by atoms with Gasteiger partial charge in [0.1, 0.15) is 11.9 Å². The van der Waals surface area contributed by atoms with Gasteiger partial charge in [-0.2, -0.15) is 5.26 Å². The predicted molar refractivity (Wildman–Crippen MR) is 98.0 cm³/mol. The van der Waals surface area contributed by atoms with E-state index in [2.05, 4.69) is 16.7 Å². The number of amides is 2. The van der Waals surface area contributed by atoms with Crippen LogP contribution >= 0.6 is 0 Å². The van der Waals surface area contributed by atoms with Crippen LogP contribution in [0.1, 0.15) is 46.1 Å². The number of nitrogens with zero attached hydrogens (tertiary/aromatic N) is 3. The Labute approximate surface area is 153 Å². The molecule has 1 heterocycles. The smallest absolute Gasteiger partial charge is 0.320 e. The van der Waals surface area contributed by atoms with Crippen LogP contribution < -0.4 is 10.6 Å². The number of nitrogens with one attached hydrogen (secondary N) is 2. The molecule has 1 aliphatic rings. The first-order valence-corrected chi connectivity index (χ1v) is 8.80. The molecule has 0 aromatic carbocycles. The number of aromatic nitrogens is 1. The first-order chi connectivity index (χ1) is 12.1. The molecule has 3 N–H and O–H groups in total. The summed E-state index contributed by atoms with van der Waals surface area (Å²) in [6.07, 6.45) is 3.19. The summed E-state index contributed by atoms with van der Waals surface area (Å²) in [5.74, 6) is -0.263. The SMILES string of the molecule is CCN(CC(=O)O)C1CC(NC(=O)Nc2cc(C#N)cn2C(C)(C)C)C1. The van der Waals surface area contributed by atoms with E-state index >= 15 is 0 Å². The highest BCUT2D eigenvalue weighted by molar-refractivity contribution is 5.89. The Kier molecular flexibility index (Phi) is 5.93. The fourth-order valence-electron chi connectivity index (χ4n) is 3.19. The summed E-state index contributed by atoms with van der Waals surface area (Å²) in [5.41, 5.74) is 0.226. The second-order valence-corrected chi connectivity index (χ2v) is 7.64. The number of nitriles is 1. The number of carbonyl (C=O) groups is 2. The van der Waals surface area contributed by atoms with E-state index in [1.165, 1.54) is 0 Å². The lowest BCUT2D eigenvalue weighted by Crippen LogP contribution is -2.55. The highest BCUT2D eigenvalue weighted by Gasteiger charge is 2.34. The highest BCUT2D eigenvalue weighted by Crippen LogP contribution is 2.27. The molecule has 0 radical (unpaired) electrons. The minimum atomic E-state index is -0.836. The van der Waals surface area contributed by atoms with Crippen LogP contribution in [0.4, 0.5) is 10.6 Å². The van der Waals surface area contributed by atoms with Crippen molar-refractivity contribution in [1.82, 2.24) is 14.8 Å². The van der Waals surface area contributed by atoms with Gasteiger partial charge in [-0.05, 0) is 46.2 Å². The predicted octanol–water partition coefficient (Wildman–Crippen LogP) is 2.17. The zero-order valence-corrected chi connectivity index (χ0v) is 15.7. The Bertz CT molecular complexity index is 707. The van der Waals surface area contributed by atoms with E-state index in [4.69, 9.17) is 10.4 Å². The Morgan fingerprint density at radius 2 is 2.08 bits per heavy atom. The van der Waals surface area contributed by atoms with Gasteiger partial charge in [0.15, 0.2) is 0 Å². The summed E-state index contributed by atoms with van der Waals surface area (Å²) >= 11 is 0. The van der Waals surface area contributed by atoms with Crippen molar-refractivity contribution in [2.24, 2.45) is 0 Å². The van der Waals surface area contributed by atoms with E-state index in [0.717, 1.165) is 12.8 Å². The number of hydrogen-bond acceptors (Lipinski definition) is 4. The molecular formula is C18H27N5O3. The normalized spacial score (nSPS) is 19.5. The molecule has 142 valence electrons. The number of likely N-dealkylation sites (N-methyl/N-ethyl adjacent to an activating group) is 1. The number of aliphatic carboxylic acids is 1. The summed E-state index contributed by atoms with van der Waals surface area (Å²) in [7, 11) is 0. The number of carbonyl (C=O) groups excluding carboxylic acids is 1. The van der Waals surface area contributed by atoms with Crippen molar-refractivity contribution in [3.8, 4) is 6.07 Å². The van der Waals surface area contributed by atoms with Crippen LogP contribution in [0.15, 0.2) is 12.3 Å². The zero-order chi connectivity index (χ0) is 19.5. The second kappa shape index (κ2) is 7.79. The monoisotopic (exact) mass is 361 g/mol. The molecule has 0 atom stereocenters. The minimum Gasteiger partial charge on any atom is -0.480 e. The Morgan fingerprint density at radius 3 is 2.58 bits per heavy atom. The van der Waals surface area contributed by atoms with Gasteiger partial charge in [0, 0.05) is 23.8 Å². The first kappa shape index (κ1) is 19.8. The maximum Gasteiger partial charge on any atom is 0.320 e. The van der Waals surface area contributed by atoms with E-state index in [0.29, 0.717) is 17.9 Å². The minimum absolute atomic E-state index is 0.0239. The Hall–Kier alpha value is -2.53. The summed E-state index contributed by atoms with van der Waals surface area (Å²) in [5, 5.41) is 23.8.